The molecule has 0 amide bonds. The fraction of sp³-hybridized carbons (Fsp3) is 0.154. The number of fused-ring (bicyclic) bond motifs is 3. The van der Waals surface area contributed by atoms with Crippen molar-refractivity contribution in [1.29, 1.82) is 0 Å². The minimum absolute atomic E-state index is 0.339. The number of halogens is 1. The highest BCUT2D eigenvalue weighted by Gasteiger charge is 2.22. The Kier molecular flexibility index (Phi) is 2.41. The van der Waals surface area contributed by atoms with E-state index in [4.69, 9.17) is 11.6 Å². The molecule has 1 aliphatic carbocycles. The molecule has 84 valence electrons. The van der Waals surface area contributed by atoms with Crippen LogP contribution in [0.4, 0.5) is 0 Å². The fourth-order valence-electron chi connectivity index (χ4n) is 2.28. The molecule has 1 aliphatic rings. The highest BCUT2D eigenvalue weighted by Crippen LogP contribution is 2.32. The molecule has 0 bridgehead atoms. The summed E-state index contributed by atoms with van der Waals surface area (Å²) in [5.41, 5.74) is 4.38. The molecule has 0 fully saturated rings. The molecule has 0 unspecified atom stereocenters. The molecule has 0 spiro atoms. The molecule has 1 aromatic heterocycles. The van der Waals surface area contributed by atoms with Gasteiger partial charge in [0, 0.05) is 11.1 Å². The van der Waals surface area contributed by atoms with Crippen LogP contribution in [0.3, 0.4) is 0 Å². The summed E-state index contributed by atoms with van der Waals surface area (Å²) in [6.45, 7) is 0. The standard InChI is InChI=1S/C13H9ClN2O/c14-13(17)12-10-6-5-8-3-1-2-4-9(8)11(10)15-7-16-12/h1-4,7H,5-6H2. The molecule has 4 heteroatoms. The van der Waals surface area contributed by atoms with Gasteiger partial charge in [-0.3, -0.25) is 4.79 Å². The van der Waals surface area contributed by atoms with Crippen LogP contribution in [-0.2, 0) is 12.8 Å². The molecule has 0 N–H and O–H groups in total. The lowest BCUT2D eigenvalue weighted by Gasteiger charge is -2.19. The van der Waals surface area contributed by atoms with E-state index in [0.717, 1.165) is 29.7 Å². The van der Waals surface area contributed by atoms with Crippen molar-refractivity contribution in [1.82, 2.24) is 9.97 Å². The maximum Gasteiger partial charge on any atom is 0.271 e. The van der Waals surface area contributed by atoms with Crippen molar-refractivity contribution in [3.63, 3.8) is 0 Å². The summed E-state index contributed by atoms with van der Waals surface area (Å²) in [7, 11) is 0. The Balaban J connectivity index is 2.27. The molecule has 3 rings (SSSR count). The Bertz CT molecular complexity index is 610. The van der Waals surface area contributed by atoms with E-state index < -0.39 is 5.24 Å². The van der Waals surface area contributed by atoms with Crippen LogP contribution < -0.4 is 0 Å². The molecule has 2 aromatic rings. The topological polar surface area (TPSA) is 42.9 Å². The summed E-state index contributed by atoms with van der Waals surface area (Å²) in [6, 6.07) is 8.09. The van der Waals surface area contributed by atoms with Crippen molar-refractivity contribution in [2.75, 3.05) is 0 Å². The largest absolute Gasteiger partial charge is 0.274 e. The van der Waals surface area contributed by atoms with E-state index in [-0.39, 0.29) is 0 Å². The van der Waals surface area contributed by atoms with Crippen molar-refractivity contribution < 1.29 is 4.79 Å². The molecule has 1 aromatic carbocycles. The maximum atomic E-state index is 11.3. The van der Waals surface area contributed by atoms with Crippen LogP contribution in [0.1, 0.15) is 21.6 Å². The minimum Gasteiger partial charge on any atom is -0.274 e. The molecular formula is C13H9ClN2O. The summed E-state index contributed by atoms with van der Waals surface area (Å²) in [5, 5.41) is -0.511. The number of aryl methyl sites for hydroxylation is 1. The average molecular weight is 245 g/mol. The molecule has 0 aliphatic heterocycles. The van der Waals surface area contributed by atoms with Crippen LogP contribution in [0, 0.1) is 0 Å². The Labute approximate surface area is 103 Å². The van der Waals surface area contributed by atoms with Gasteiger partial charge in [0.1, 0.15) is 12.0 Å². The molecule has 0 radical (unpaired) electrons. The SMILES string of the molecule is O=C(Cl)c1ncnc2c1CCc1ccccc1-2. The summed E-state index contributed by atoms with van der Waals surface area (Å²) in [6.07, 6.45) is 3.06. The summed E-state index contributed by atoms with van der Waals surface area (Å²) in [4.78, 5) is 19.6. The smallest absolute Gasteiger partial charge is 0.271 e. The highest BCUT2D eigenvalue weighted by molar-refractivity contribution is 6.67. The van der Waals surface area contributed by atoms with Crippen LogP contribution in [0.2, 0.25) is 0 Å². The maximum absolute atomic E-state index is 11.3. The first-order valence-corrected chi connectivity index (χ1v) is 5.77. The number of nitrogens with zero attached hydrogens (tertiary/aromatic N) is 2. The predicted molar refractivity (Wildman–Crippen MR) is 65.1 cm³/mol. The normalized spacial score (nSPS) is 12.8. The van der Waals surface area contributed by atoms with Crippen molar-refractivity contribution in [2.45, 2.75) is 12.8 Å². The van der Waals surface area contributed by atoms with Crippen LogP contribution in [-0.4, -0.2) is 15.2 Å². The fourth-order valence-corrected chi connectivity index (χ4v) is 2.44. The molecule has 0 saturated heterocycles. The minimum atomic E-state index is -0.511. The zero-order valence-corrected chi connectivity index (χ0v) is 9.74. The van der Waals surface area contributed by atoms with E-state index >= 15 is 0 Å². The van der Waals surface area contributed by atoms with Crippen LogP contribution in [0.15, 0.2) is 30.6 Å². The van der Waals surface area contributed by atoms with Gasteiger partial charge in [0.15, 0.2) is 0 Å². The van der Waals surface area contributed by atoms with E-state index in [1.54, 1.807) is 0 Å². The lowest BCUT2D eigenvalue weighted by atomic mass is 9.88. The number of benzene rings is 1. The van der Waals surface area contributed by atoms with E-state index in [9.17, 15) is 4.79 Å². The third-order valence-corrected chi connectivity index (χ3v) is 3.23. The van der Waals surface area contributed by atoms with Gasteiger partial charge in [-0.2, -0.15) is 0 Å². The van der Waals surface area contributed by atoms with Gasteiger partial charge >= 0.3 is 0 Å². The third kappa shape index (κ3) is 1.63. The lowest BCUT2D eigenvalue weighted by molar-refractivity contribution is 0.107. The Hall–Kier alpha value is -1.74. The first-order chi connectivity index (χ1) is 8.27. The zero-order valence-electron chi connectivity index (χ0n) is 8.98. The van der Waals surface area contributed by atoms with Gasteiger partial charge in [-0.1, -0.05) is 24.3 Å². The molecule has 0 atom stereocenters. The van der Waals surface area contributed by atoms with Gasteiger partial charge in [-0.15, -0.1) is 0 Å². The number of carbonyl (C=O) groups excluding carboxylic acids is 1. The van der Waals surface area contributed by atoms with Crippen LogP contribution in [0.25, 0.3) is 11.3 Å². The van der Waals surface area contributed by atoms with Gasteiger partial charge in [0.05, 0.1) is 5.69 Å². The van der Waals surface area contributed by atoms with Crippen molar-refractivity contribution in [3.8, 4) is 11.3 Å². The van der Waals surface area contributed by atoms with Gasteiger partial charge in [0.25, 0.3) is 5.24 Å². The van der Waals surface area contributed by atoms with Crippen molar-refractivity contribution in [2.24, 2.45) is 0 Å². The van der Waals surface area contributed by atoms with E-state index in [2.05, 4.69) is 16.0 Å². The molecule has 1 heterocycles. The Morgan fingerprint density at radius 1 is 1.18 bits per heavy atom. The molecule has 3 nitrogen and oxygen atoms in total. The lowest BCUT2D eigenvalue weighted by Crippen LogP contribution is -2.11. The third-order valence-electron chi connectivity index (χ3n) is 3.05. The van der Waals surface area contributed by atoms with Gasteiger partial charge in [0.2, 0.25) is 0 Å². The van der Waals surface area contributed by atoms with Crippen molar-refractivity contribution in [3.05, 3.63) is 47.4 Å². The van der Waals surface area contributed by atoms with E-state index in [0.29, 0.717) is 5.69 Å². The number of aromatic nitrogens is 2. The second-order valence-electron chi connectivity index (χ2n) is 3.98. The number of hydrogen-bond donors (Lipinski definition) is 0. The van der Waals surface area contributed by atoms with E-state index in [1.165, 1.54) is 11.9 Å². The quantitative estimate of drug-likeness (QED) is 0.725. The Morgan fingerprint density at radius 3 is 2.82 bits per heavy atom. The second-order valence-corrected chi connectivity index (χ2v) is 4.32. The Morgan fingerprint density at radius 2 is 2.00 bits per heavy atom. The number of rotatable bonds is 1. The summed E-state index contributed by atoms with van der Waals surface area (Å²) < 4.78 is 0. The molecule has 17 heavy (non-hydrogen) atoms. The van der Waals surface area contributed by atoms with Crippen LogP contribution in [0.5, 0.6) is 0 Å². The first-order valence-electron chi connectivity index (χ1n) is 5.39. The predicted octanol–water partition coefficient (Wildman–Crippen LogP) is 2.62. The first kappa shape index (κ1) is 10.4. The summed E-state index contributed by atoms with van der Waals surface area (Å²) >= 11 is 5.54. The molecular weight excluding hydrogens is 236 g/mol. The van der Waals surface area contributed by atoms with Crippen molar-refractivity contribution >= 4 is 16.8 Å². The zero-order chi connectivity index (χ0) is 11.8. The number of carbonyl (C=O) groups is 1. The summed E-state index contributed by atoms with van der Waals surface area (Å²) in [5.74, 6) is 0. The molecule has 0 saturated carbocycles. The monoisotopic (exact) mass is 244 g/mol. The van der Waals surface area contributed by atoms with Gasteiger partial charge in [-0.25, -0.2) is 9.97 Å². The number of hydrogen-bond acceptors (Lipinski definition) is 3. The van der Waals surface area contributed by atoms with E-state index in [1.807, 2.05) is 18.2 Å². The van der Waals surface area contributed by atoms with Gasteiger partial charge in [-0.05, 0) is 30.0 Å². The highest BCUT2D eigenvalue weighted by atomic mass is 35.5. The average Bonchev–Trinajstić information content (AvgIpc) is 2.37. The van der Waals surface area contributed by atoms with Crippen LogP contribution >= 0.6 is 11.6 Å². The van der Waals surface area contributed by atoms with Gasteiger partial charge < -0.3 is 0 Å². The second kappa shape index (κ2) is 3.93.